The van der Waals surface area contributed by atoms with E-state index >= 15 is 0 Å². The molecule has 7 heteroatoms. The van der Waals surface area contributed by atoms with E-state index < -0.39 is 0 Å². The lowest BCUT2D eigenvalue weighted by molar-refractivity contribution is 0.0976. The van der Waals surface area contributed by atoms with Crippen LogP contribution in [0, 0.1) is 0 Å². The Morgan fingerprint density at radius 1 is 1.12 bits per heavy atom. The van der Waals surface area contributed by atoms with Crippen molar-refractivity contribution in [3.8, 4) is 5.75 Å². The summed E-state index contributed by atoms with van der Waals surface area (Å²) < 4.78 is 10.7. The van der Waals surface area contributed by atoms with Gasteiger partial charge in [0.1, 0.15) is 12.4 Å². The summed E-state index contributed by atoms with van der Waals surface area (Å²) in [6.45, 7) is 4.03. The molecule has 138 valence electrons. The van der Waals surface area contributed by atoms with Crippen LogP contribution in [0.25, 0.3) is 0 Å². The maximum absolute atomic E-state index is 12.2. The van der Waals surface area contributed by atoms with Crippen molar-refractivity contribution in [3.63, 3.8) is 0 Å². The molecule has 0 aromatic heterocycles. The van der Waals surface area contributed by atoms with Gasteiger partial charge in [0.05, 0.1) is 6.61 Å². The highest BCUT2D eigenvalue weighted by atomic mass is 35.5. The highest BCUT2D eigenvalue weighted by Crippen LogP contribution is 2.14. The van der Waals surface area contributed by atoms with Crippen molar-refractivity contribution in [3.05, 3.63) is 64.7 Å². The van der Waals surface area contributed by atoms with Crippen LogP contribution < -0.4 is 15.4 Å². The molecule has 0 aliphatic rings. The van der Waals surface area contributed by atoms with Gasteiger partial charge in [-0.25, -0.2) is 0 Å². The molecule has 0 aliphatic carbocycles. The molecular weight excluding hydrogens is 372 g/mol. The number of nitrogens with one attached hydrogen (secondary N) is 2. The SMILES string of the molecule is CCOCCOc1ccc(C(=O)NC(=S)NCc2ccccc2Cl)cc1. The fourth-order valence-corrected chi connectivity index (χ4v) is 2.47. The van der Waals surface area contributed by atoms with E-state index in [2.05, 4.69) is 10.6 Å². The van der Waals surface area contributed by atoms with Gasteiger partial charge in [0.2, 0.25) is 0 Å². The van der Waals surface area contributed by atoms with Gasteiger partial charge in [-0.05, 0) is 55.0 Å². The Balaban J connectivity index is 1.79. The number of amides is 1. The number of thiocarbonyl (C=S) groups is 1. The van der Waals surface area contributed by atoms with Gasteiger partial charge in [0.15, 0.2) is 5.11 Å². The first-order valence-corrected chi connectivity index (χ1v) is 9.02. The number of benzene rings is 2. The Morgan fingerprint density at radius 2 is 1.85 bits per heavy atom. The second kappa shape index (κ2) is 10.8. The van der Waals surface area contributed by atoms with Gasteiger partial charge in [-0.2, -0.15) is 0 Å². The van der Waals surface area contributed by atoms with Gasteiger partial charge >= 0.3 is 0 Å². The molecule has 0 saturated heterocycles. The monoisotopic (exact) mass is 392 g/mol. The summed E-state index contributed by atoms with van der Waals surface area (Å²) in [5.74, 6) is 0.392. The highest BCUT2D eigenvalue weighted by Gasteiger charge is 2.08. The van der Waals surface area contributed by atoms with Crippen molar-refractivity contribution in [1.29, 1.82) is 0 Å². The number of carbonyl (C=O) groups excluding carboxylic acids is 1. The lowest BCUT2D eigenvalue weighted by atomic mass is 10.2. The van der Waals surface area contributed by atoms with E-state index in [-0.39, 0.29) is 11.0 Å². The van der Waals surface area contributed by atoms with Gasteiger partial charge in [-0.3, -0.25) is 10.1 Å². The molecule has 0 aliphatic heterocycles. The minimum absolute atomic E-state index is 0.243. The fourth-order valence-electron chi connectivity index (χ4n) is 2.10. The number of carbonyl (C=O) groups is 1. The summed E-state index contributed by atoms with van der Waals surface area (Å²) in [6.07, 6.45) is 0. The van der Waals surface area contributed by atoms with Crippen molar-refractivity contribution >= 4 is 34.8 Å². The van der Waals surface area contributed by atoms with Gasteiger partial charge in [-0.15, -0.1) is 0 Å². The molecule has 0 fully saturated rings. The maximum atomic E-state index is 12.2. The first-order valence-electron chi connectivity index (χ1n) is 8.23. The normalized spacial score (nSPS) is 10.2. The van der Waals surface area contributed by atoms with E-state index in [1.807, 2.05) is 25.1 Å². The van der Waals surface area contributed by atoms with Crippen LogP contribution in [0.2, 0.25) is 5.02 Å². The maximum Gasteiger partial charge on any atom is 0.257 e. The van der Waals surface area contributed by atoms with Crippen LogP contribution in [0.15, 0.2) is 48.5 Å². The lowest BCUT2D eigenvalue weighted by Gasteiger charge is -2.11. The summed E-state index contributed by atoms with van der Waals surface area (Å²) >= 11 is 11.2. The molecule has 0 radical (unpaired) electrons. The molecule has 0 saturated carbocycles. The Bertz CT molecular complexity index is 738. The van der Waals surface area contributed by atoms with E-state index in [0.29, 0.717) is 42.7 Å². The van der Waals surface area contributed by atoms with Gasteiger partial charge in [0.25, 0.3) is 5.91 Å². The van der Waals surface area contributed by atoms with Crippen LogP contribution in [0.1, 0.15) is 22.8 Å². The van der Waals surface area contributed by atoms with Crippen molar-refractivity contribution < 1.29 is 14.3 Å². The summed E-state index contributed by atoms with van der Waals surface area (Å²) in [7, 11) is 0. The second-order valence-electron chi connectivity index (χ2n) is 5.30. The summed E-state index contributed by atoms with van der Waals surface area (Å²) in [5.41, 5.74) is 1.39. The van der Waals surface area contributed by atoms with Crippen LogP contribution in [-0.2, 0) is 11.3 Å². The number of hydrogen-bond donors (Lipinski definition) is 2. The number of rotatable bonds is 8. The van der Waals surface area contributed by atoms with Gasteiger partial charge in [-0.1, -0.05) is 29.8 Å². The Hall–Kier alpha value is -2.15. The second-order valence-corrected chi connectivity index (χ2v) is 6.11. The van der Waals surface area contributed by atoms with Crippen molar-refractivity contribution in [2.45, 2.75) is 13.5 Å². The summed E-state index contributed by atoms with van der Waals surface area (Å²) in [5, 5.41) is 6.50. The molecule has 5 nitrogen and oxygen atoms in total. The molecule has 2 aromatic rings. The zero-order valence-corrected chi connectivity index (χ0v) is 16.0. The molecule has 2 N–H and O–H groups in total. The predicted octanol–water partition coefficient (Wildman–Crippen LogP) is 3.56. The van der Waals surface area contributed by atoms with Crippen LogP contribution in [0.5, 0.6) is 5.75 Å². The third-order valence-corrected chi connectivity index (χ3v) is 4.06. The minimum Gasteiger partial charge on any atom is -0.491 e. The van der Waals surface area contributed by atoms with Crippen molar-refractivity contribution in [2.24, 2.45) is 0 Å². The average Bonchev–Trinajstić information content (AvgIpc) is 2.65. The minimum atomic E-state index is -0.289. The van der Waals surface area contributed by atoms with Crippen molar-refractivity contribution in [2.75, 3.05) is 19.8 Å². The van der Waals surface area contributed by atoms with Gasteiger partial charge < -0.3 is 14.8 Å². The summed E-state index contributed by atoms with van der Waals surface area (Å²) in [6, 6.07) is 14.3. The molecule has 2 rings (SSSR count). The molecule has 2 aromatic carbocycles. The largest absolute Gasteiger partial charge is 0.491 e. The average molecular weight is 393 g/mol. The van der Waals surface area contributed by atoms with E-state index in [1.165, 1.54) is 0 Å². The van der Waals surface area contributed by atoms with Crippen LogP contribution >= 0.6 is 23.8 Å². The lowest BCUT2D eigenvalue weighted by Crippen LogP contribution is -2.38. The summed E-state index contributed by atoms with van der Waals surface area (Å²) in [4.78, 5) is 12.2. The zero-order chi connectivity index (χ0) is 18.8. The van der Waals surface area contributed by atoms with E-state index in [1.54, 1.807) is 30.3 Å². The third kappa shape index (κ3) is 6.63. The molecule has 0 spiro atoms. The Kier molecular flexibility index (Phi) is 8.34. The number of hydrogen-bond acceptors (Lipinski definition) is 4. The van der Waals surface area contributed by atoms with E-state index in [0.717, 1.165) is 5.56 Å². The molecule has 0 atom stereocenters. The number of ether oxygens (including phenoxy) is 2. The standard InChI is InChI=1S/C19H21ClN2O3S/c1-2-24-11-12-25-16-9-7-14(8-10-16)18(23)22-19(26)21-13-15-5-3-4-6-17(15)20/h3-10H,2,11-13H2,1H3,(H2,21,22,23,26). The van der Waals surface area contributed by atoms with Crippen molar-refractivity contribution in [1.82, 2.24) is 10.6 Å². The van der Waals surface area contributed by atoms with Crippen LogP contribution in [0.4, 0.5) is 0 Å². The quantitative estimate of drug-likeness (QED) is 0.531. The van der Waals surface area contributed by atoms with Crippen LogP contribution in [-0.4, -0.2) is 30.8 Å². The molecule has 26 heavy (non-hydrogen) atoms. The van der Waals surface area contributed by atoms with E-state index in [4.69, 9.17) is 33.3 Å². The molecular formula is C19H21ClN2O3S. The number of halogens is 1. The topological polar surface area (TPSA) is 59.6 Å². The third-order valence-electron chi connectivity index (χ3n) is 3.44. The van der Waals surface area contributed by atoms with Crippen LogP contribution in [0.3, 0.4) is 0 Å². The molecule has 0 bridgehead atoms. The smallest absolute Gasteiger partial charge is 0.257 e. The molecule has 1 amide bonds. The zero-order valence-electron chi connectivity index (χ0n) is 14.5. The van der Waals surface area contributed by atoms with Gasteiger partial charge in [0, 0.05) is 23.7 Å². The molecule has 0 unspecified atom stereocenters. The first-order chi connectivity index (χ1) is 12.6. The predicted molar refractivity (Wildman–Crippen MR) is 107 cm³/mol. The van der Waals surface area contributed by atoms with E-state index in [9.17, 15) is 4.79 Å². The Morgan fingerprint density at radius 3 is 2.54 bits per heavy atom. The Labute approximate surface area is 163 Å². The fraction of sp³-hybridized carbons (Fsp3) is 0.263. The first kappa shape index (κ1) is 20.2. The molecule has 0 heterocycles. The highest BCUT2D eigenvalue weighted by molar-refractivity contribution is 7.80.